The second kappa shape index (κ2) is 9.63. The molecule has 3 aromatic heterocycles. The lowest BCUT2D eigenvalue weighted by molar-refractivity contribution is -0.138. The lowest BCUT2D eigenvalue weighted by atomic mass is 10.1. The number of thiophene rings is 2. The van der Waals surface area contributed by atoms with E-state index >= 15 is 0 Å². The van der Waals surface area contributed by atoms with Gasteiger partial charge in [0.2, 0.25) is 5.91 Å². The van der Waals surface area contributed by atoms with Gasteiger partial charge < -0.3 is 10.2 Å². The minimum Gasteiger partial charge on any atom is -0.340 e. The number of nitrogens with one attached hydrogen (secondary N) is 1. The van der Waals surface area contributed by atoms with Gasteiger partial charge in [0, 0.05) is 28.3 Å². The fourth-order valence-corrected chi connectivity index (χ4v) is 8.81. The SMILES string of the molecule is O=C(NC(CC1CC1)C(=O)N1CCC2C1C(=O)CN2S(=O)(=O)C(=O)c1cccnc1)c1cc2sccc2s1. The first-order valence-corrected chi connectivity index (χ1v) is 15.4. The van der Waals surface area contributed by atoms with Crippen LogP contribution in [0.4, 0.5) is 0 Å². The Morgan fingerprint density at radius 1 is 1.16 bits per heavy atom. The number of hydrogen-bond acceptors (Lipinski definition) is 9. The lowest BCUT2D eigenvalue weighted by Crippen LogP contribution is -2.52. The first kappa shape index (κ1) is 25.3. The third kappa shape index (κ3) is 4.46. The van der Waals surface area contributed by atoms with Crippen molar-refractivity contribution in [2.75, 3.05) is 13.1 Å². The van der Waals surface area contributed by atoms with Crippen molar-refractivity contribution >= 4 is 64.8 Å². The molecule has 3 atom stereocenters. The maximum atomic E-state index is 13.7. The summed E-state index contributed by atoms with van der Waals surface area (Å²) >= 11 is 2.90. The molecule has 0 radical (unpaired) electrons. The summed E-state index contributed by atoms with van der Waals surface area (Å²) in [5, 5.41) is 3.72. The number of amides is 2. The number of nitrogens with zero attached hydrogens (tertiary/aromatic N) is 3. The van der Waals surface area contributed by atoms with Crippen LogP contribution in [0.15, 0.2) is 42.0 Å². The highest BCUT2D eigenvalue weighted by atomic mass is 32.2. The molecule has 2 aliphatic heterocycles. The smallest absolute Gasteiger partial charge is 0.293 e. The monoisotopic (exact) mass is 572 g/mol. The van der Waals surface area contributed by atoms with E-state index in [4.69, 9.17) is 0 Å². The molecule has 0 spiro atoms. The fraction of sp³-hybridized carbons (Fsp3) is 0.400. The van der Waals surface area contributed by atoms with E-state index in [0.717, 1.165) is 26.5 Å². The van der Waals surface area contributed by atoms with Crippen molar-refractivity contribution in [2.24, 2.45) is 5.92 Å². The van der Waals surface area contributed by atoms with Crippen LogP contribution < -0.4 is 5.32 Å². The summed E-state index contributed by atoms with van der Waals surface area (Å²) in [5.74, 6) is -0.833. The average molecular weight is 573 g/mol. The minimum atomic E-state index is -4.49. The highest BCUT2D eigenvalue weighted by Crippen LogP contribution is 2.37. The van der Waals surface area contributed by atoms with Gasteiger partial charge in [-0.05, 0) is 48.4 Å². The number of carbonyl (C=O) groups excluding carboxylic acids is 4. The molecule has 3 aromatic rings. The van der Waals surface area contributed by atoms with Crippen molar-refractivity contribution in [3.8, 4) is 0 Å². The normalized spacial score (nSPS) is 22.5. The molecule has 5 heterocycles. The van der Waals surface area contributed by atoms with Gasteiger partial charge >= 0.3 is 0 Å². The van der Waals surface area contributed by atoms with Crippen LogP contribution in [0.25, 0.3) is 9.40 Å². The largest absolute Gasteiger partial charge is 0.340 e. The van der Waals surface area contributed by atoms with Gasteiger partial charge in [0.25, 0.3) is 21.0 Å². The summed E-state index contributed by atoms with van der Waals surface area (Å²) in [7, 11) is -4.49. The van der Waals surface area contributed by atoms with Crippen molar-refractivity contribution in [2.45, 2.75) is 43.8 Å². The van der Waals surface area contributed by atoms with E-state index in [1.165, 1.54) is 40.8 Å². The van der Waals surface area contributed by atoms with Crippen LogP contribution in [0, 0.1) is 5.92 Å². The number of Topliss-reactive ketones (excluding diaryl/α,β-unsaturated/α-hetero) is 1. The topological polar surface area (TPSA) is 134 Å². The van der Waals surface area contributed by atoms with Crippen LogP contribution in [0.2, 0.25) is 0 Å². The standard InChI is InChI=1S/C25H24N4O6S3/c30-18-13-29(38(34,35)25(33)15-2-1-7-26-12-15)17-5-8-28(22(17)18)24(32)16(10-14-3-4-14)27-23(31)21-11-20-19(37-21)6-9-36-20/h1-2,6-7,9,11-12,14,16-17,22H,3-5,8,10,13H2,(H,27,31). The number of pyridine rings is 1. The van der Waals surface area contributed by atoms with E-state index < -0.39 is 45.6 Å². The zero-order chi connectivity index (χ0) is 26.6. The van der Waals surface area contributed by atoms with E-state index in [1.54, 1.807) is 11.3 Å². The highest BCUT2D eigenvalue weighted by Gasteiger charge is 2.55. The first-order valence-electron chi connectivity index (χ1n) is 12.3. The summed E-state index contributed by atoms with van der Waals surface area (Å²) in [5.41, 5.74) is -0.0880. The van der Waals surface area contributed by atoms with E-state index in [-0.39, 0.29) is 30.3 Å². The molecule has 38 heavy (non-hydrogen) atoms. The third-order valence-electron chi connectivity index (χ3n) is 7.33. The molecule has 13 heteroatoms. The Kier molecular flexibility index (Phi) is 6.41. The summed E-state index contributed by atoms with van der Waals surface area (Å²) in [6.07, 6.45) is 5.24. The number of carbonyl (C=O) groups is 4. The van der Waals surface area contributed by atoms with Crippen LogP contribution in [-0.4, -0.2) is 76.5 Å². The number of rotatable bonds is 7. The van der Waals surface area contributed by atoms with Gasteiger partial charge in [0.05, 0.1) is 23.0 Å². The van der Waals surface area contributed by atoms with Crippen LogP contribution in [-0.2, 0) is 19.6 Å². The van der Waals surface area contributed by atoms with Crippen molar-refractivity contribution < 1.29 is 27.6 Å². The highest BCUT2D eigenvalue weighted by molar-refractivity contribution is 8.04. The minimum absolute atomic E-state index is 0.0880. The lowest BCUT2D eigenvalue weighted by Gasteiger charge is -2.28. The Morgan fingerprint density at radius 3 is 2.68 bits per heavy atom. The van der Waals surface area contributed by atoms with Crippen LogP contribution in [0.5, 0.6) is 0 Å². The van der Waals surface area contributed by atoms with Gasteiger partial charge in [-0.25, -0.2) is 8.42 Å². The predicted molar refractivity (Wildman–Crippen MR) is 141 cm³/mol. The number of likely N-dealkylation sites (tertiary alicyclic amines) is 1. The second-order valence-electron chi connectivity index (χ2n) is 9.84. The Bertz CT molecular complexity index is 1520. The van der Waals surface area contributed by atoms with E-state index in [9.17, 15) is 27.6 Å². The predicted octanol–water partition coefficient (Wildman–Crippen LogP) is 2.28. The summed E-state index contributed by atoms with van der Waals surface area (Å²) in [4.78, 5) is 58.4. The maximum Gasteiger partial charge on any atom is 0.293 e. The van der Waals surface area contributed by atoms with E-state index in [0.29, 0.717) is 17.2 Å². The molecule has 2 saturated heterocycles. The number of ketones is 1. The van der Waals surface area contributed by atoms with Gasteiger partial charge in [0.15, 0.2) is 5.78 Å². The van der Waals surface area contributed by atoms with Crippen LogP contribution in [0.3, 0.4) is 0 Å². The number of hydrogen-bond donors (Lipinski definition) is 1. The van der Waals surface area contributed by atoms with E-state index in [2.05, 4.69) is 10.3 Å². The van der Waals surface area contributed by atoms with E-state index in [1.807, 2.05) is 17.5 Å². The Labute approximate surface area is 226 Å². The second-order valence-corrected chi connectivity index (χ2v) is 13.7. The Hall–Kier alpha value is -3.00. The molecule has 10 nitrogen and oxygen atoms in total. The summed E-state index contributed by atoms with van der Waals surface area (Å²) in [6, 6.07) is 3.96. The van der Waals surface area contributed by atoms with Gasteiger partial charge in [-0.3, -0.25) is 24.2 Å². The first-order chi connectivity index (χ1) is 18.2. The summed E-state index contributed by atoms with van der Waals surface area (Å²) in [6.45, 7) is -0.308. The molecule has 1 N–H and O–H groups in total. The molecule has 2 amide bonds. The average Bonchev–Trinajstić information content (AvgIpc) is 3.24. The van der Waals surface area contributed by atoms with Gasteiger partial charge in [-0.1, -0.05) is 12.8 Å². The van der Waals surface area contributed by atoms with Gasteiger partial charge in [-0.2, -0.15) is 4.31 Å². The van der Waals surface area contributed by atoms with Crippen molar-refractivity contribution in [1.29, 1.82) is 0 Å². The summed E-state index contributed by atoms with van der Waals surface area (Å²) < 4.78 is 29.3. The molecular formula is C25H24N4O6S3. The van der Waals surface area contributed by atoms with Gasteiger partial charge in [0.1, 0.15) is 12.1 Å². The molecule has 0 bridgehead atoms. The molecule has 0 aromatic carbocycles. The number of sulfonamides is 1. The molecule has 3 aliphatic rings. The van der Waals surface area contributed by atoms with Crippen molar-refractivity contribution in [3.63, 3.8) is 0 Å². The zero-order valence-electron chi connectivity index (χ0n) is 20.1. The molecule has 3 unspecified atom stereocenters. The van der Waals surface area contributed by atoms with Crippen molar-refractivity contribution in [1.82, 2.24) is 19.5 Å². The van der Waals surface area contributed by atoms with Crippen LogP contribution in [0.1, 0.15) is 45.7 Å². The van der Waals surface area contributed by atoms with Crippen molar-refractivity contribution in [3.05, 3.63) is 52.5 Å². The number of fused-ring (bicyclic) bond motifs is 2. The third-order valence-corrected chi connectivity index (χ3v) is 11.1. The van der Waals surface area contributed by atoms with Crippen LogP contribution >= 0.6 is 22.7 Å². The molecule has 1 aliphatic carbocycles. The Balaban J connectivity index is 1.21. The molecule has 1 saturated carbocycles. The molecule has 6 rings (SSSR count). The maximum absolute atomic E-state index is 13.7. The van der Waals surface area contributed by atoms with Gasteiger partial charge in [-0.15, -0.1) is 22.7 Å². The molecule has 198 valence electrons. The Morgan fingerprint density at radius 2 is 1.97 bits per heavy atom. The molecular weight excluding hydrogens is 548 g/mol. The number of aromatic nitrogens is 1. The fourth-order valence-electron chi connectivity index (χ4n) is 5.30. The molecule has 3 fully saturated rings. The quantitative estimate of drug-likeness (QED) is 0.459. The zero-order valence-corrected chi connectivity index (χ0v) is 22.6.